The van der Waals surface area contributed by atoms with Crippen molar-refractivity contribution >= 4 is 16.0 Å². The Kier molecular flexibility index (Phi) is 6.63. The first-order chi connectivity index (χ1) is 8.49. The second kappa shape index (κ2) is 7.74. The molecule has 0 heterocycles. The zero-order valence-electron chi connectivity index (χ0n) is 10.7. The quantitative estimate of drug-likeness (QED) is 0.776. The van der Waals surface area contributed by atoms with Crippen molar-refractivity contribution in [3.8, 4) is 0 Å². The Balaban J connectivity index is 2.35. The summed E-state index contributed by atoms with van der Waals surface area (Å²) in [7, 11) is -3.32. The van der Waals surface area contributed by atoms with E-state index in [0.29, 0.717) is 0 Å². The van der Waals surface area contributed by atoms with Crippen molar-refractivity contribution in [2.24, 2.45) is 0 Å². The van der Waals surface area contributed by atoms with Crippen molar-refractivity contribution in [1.29, 1.82) is 0 Å². The van der Waals surface area contributed by atoms with Crippen molar-refractivity contribution in [1.82, 2.24) is 4.72 Å². The SMILES string of the molecule is O=C(O)CCCS(=O)(=O)NC1CCCCCCC1. The molecule has 0 aromatic carbocycles. The van der Waals surface area contributed by atoms with Gasteiger partial charge in [-0.15, -0.1) is 0 Å². The lowest BCUT2D eigenvalue weighted by Crippen LogP contribution is -2.36. The third-order valence-electron chi connectivity index (χ3n) is 3.26. The second-order valence-corrected chi connectivity index (χ2v) is 6.85. The average Bonchev–Trinajstić information content (AvgIpc) is 2.20. The molecule has 0 unspecified atom stereocenters. The van der Waals surface area contributed by atoms with Gasteiger partial charge in [0, 0.05) is 12.5 Å². The summed E-state index contributed by atoms with van der Waals surface area (Å²) in [4.78, 5) is 10.3. The molecule has 0 spiro atoms. The summed E-state index contributed by atoms with van der Waals surface area (Å²) < 4.78 is 26.3. The van der Waals surface area contributed by atoms with Gasteiger partial charge in [0.25, 0.3) is 0 Å². The number of nitrogens with one attached hydrogen (secondary N) is 1. The number of aliphatic carboxylic acids is 1. The Hall–Kier alpha value is -0.620. The van der Waals surface area contributed by atoms with Crippen LogP contribution in [0.1, 0.15) is 57.8 Å². The fourth-order valence-electron chi connectivity index (χ4n) is 2.30. The topological polar surface area (TPSA) is 83.5 Å². The van der Waals surface area contributed by atoms with Crippen LogP contribution in [0.5, 0.6) is 0 Å². The molecule has 106 valence electrons. The molecule has 1 aliphatic carbocycles. The zero-order valence-corrected chi connectivity index (χ0v) is 11.5. The minimum Gasteiger partial charge on any atom is -0.481 e. The molecule has 0 radical (unpaired) electrons. The van der Waals surface area contributed by atoms with E-state index < -0.39 is 16.0 Å². The van der Waals surface area contributed by atoms with Gasteiger partial charge in [-0.05, 0) is 19.3 Å². The molecule has 2 N–H and O–H groups in total. The van der Waals surface area contributed by atoms with Crippen molar-refractivity contribution in [2.75, 3.05) is 5.75 Å². The first-order valence-corrected chi connectivity index (χ1v) is 8.36. The number of sulfonamides is 1. The van der Waals surface area contributed by atoms with E-state index in [1.807, 2.05) is 0 Å². The monoisotopic (exact) mass is 277 g/mol. The fraction of sp³-hybridized carbons (Fsp3) is 0.917. The van der Waals surface area contributed by atoms with Crippen LogP contribution in [0.25, 0.3) is 0 Å². The number of rotatable bonds is 6. The molecule has 1 rings (SSSR count). The van der Waals surface area contributed by atoms with Crippen molar-refractivity contribution in [3.05, 3.63) is 0 Å². The Morgan fingerprint density at radius 2 is 1.67 bits per heavy atom. The molecule has 0 bridgehead atoms. The van der Waals surface area contributed by atoms with E-state index in [4.69, 9.17) is 5.11 Å². The summed E-state index contributed by atoms with van der Waals surface area (Å²) in [5.41, 5.74) is 0. The van der Waals surface area contributed by atoms with Crippen LogP contribution >= 0.6 is 0 Å². The van der Waals surface area contributed by atoms with Gasteiger partial charge in [0.15, 0.2) is 0 Å². The predicted octanol–water partition coefficient (Wildman–Crippen LogP) is 1.88. The molecule has 0 atom stereocenters. The maximum atomic E-state index is 11.8. The number of carboxylic acids is 1. The van der Waals surface area contributed by atoms with E-state index in [0.717, 1.165) is 25.7 Å². The van der Waals surface area contributed by atoms with Gasteiger partial charge in [-0.25, -0.2) is 13.1 Å². The first-order valence-electron chi connectivity index (χ1n) is 6.71. The summed E-state index contributed by atoms with van der Waals surface area (Å²) in [6, 6.07) is 0.0418. The van der Waals surface area contributed by atoms with Gasteiger partial charge in [0.2, 0.25) is 10.0 Å². The zero-order chi connectivity index (χ0) is 13.4. The normalized spacial score (nSPS) is 19.1. The number of carboxylic acid groups (broad SMARTS) is 1. The maximum absolute atomic E-state index is 11.8. The summed E-state index contributed by atoms with van der Waals surface area (Å²) >= 11 is 0. The lowest BCUT2D eigenvalue weighted by molar-refractivity contribution is -0.137. The third kappa shape index (κ3) is 6.96. The molecule has 0 aromatic heterocycles. The van der Waals surface area contributed by atoms with Gasteiger partial charge in [0.05, 0.1) is 5.75 Å². The highest BCUT2D eigenvalue weighted by molar-refractivity contribution is 7.89. The first kappa shape index (κ1) is 15.4. The molecule has 0 saturated heterocycles. The highest BCUT2D eigenvalue weighted by atomic mass is 32.2. The van der Waals surface area contributed by atoms with Crippen molar-refractivity contribution < 1.29 is 18.3 Å². The minimum absolute atomic E-state index is 0.0418. The van der Waals surface area contributed by atoms with Crippen LogP contribution < -0.4 is 4.72 Å². The van der Waals surface area contributed by atoms with Gasteiger partial charge in [-0.2, -0.15) is 0 Å². The highest BCUT2D eigenvalue weighted by Gasteiger charge is 2.18. The van der Waals surface area contributed by atoms with Crippen LogP contribution in [0.2, 0.25) is 0 Å². The van der Waals surface area contributed by atoms with Gasteiger partial charge in [-0.3, -0.25) is 4.79 Å². The molecule has 1 saturated carbocycles. The smallest absolute Gasteiger partial charge is 0.303 e. The Morgan fingerprint density at radius 1 is 1.11 bits per heavy atom. The van der Waals surface area contributed by atoms with Gasteiger partial charge >= 0.3 is 5.97 Å². The molecular weight excluding hydrogens is 254 g/mol. The van der Waals surface area contributed by atoms with Crippen LogP contribution in [0.3, 0.4) is 0 Å². The number of carbonyl (C=O) groups is 1. The molecule has 0 amide bonds. The van der Waals surface area contributed by atoms with E-state index in [1.165, 1.54) is 19.3 Å². The van der Waals surface area contributed by atoms with Crippen molar-refractivity contribution in [2.45, 2.75) is 63.8 Å². The van der Waals surface area contributed by atoms with Gasteiger partial charge in [-0.1, -0.05) is 32.1 Å². The standard InChI is InChI=1S/C12H23NO4S/c14-12(15)9-6-10-18(16,17)13-11-7-4-2-1-3-5-8-11/h11,13H,1-10H2,(H,14,15). The Labute approximate surface area is 109 Å². The molecule has 5 nitrogen and oxygen atoms in total. The Morgan fingerprint density at radius 3 is 2.22 bits per heavy atom. The van der Waals surface area contributed by atoms with Crippen LogP contribution in [-0.4, -0.2) is 31.3 Å². The molecular formula is C12H23NO4S. The molecule has 0 aromatic rings. The number of hydrogen-bond donors (Lipinski definition) is 2. The van der Waals surface area contributed by atoms with Crippen LogP contribution in [0.15, 0.2) is 0 Å². The minimum atomic E-state index is -3.32. The van der Waals surface area contributed by atoms with E-state index in [2.05, 4.69) is 4.72 Å². The predicted molar refractivity (Wildman–Crippen MR) is 69.9 cm³/mol. The van der Waals surface area contributed by atoms with Crippen molar-refractivity contribution in [3.63, 3.8) is 0 Å². The third-order valence-corrected chi connectivity index (χ3v) is 4.77. The summed E-state index contributed by atoms with van der Waals surface area (Å²) in [5.74, 6) is -1.04. The van der Waals surface area contributed by atoms with E-state index in [1.54, 1.807) is 0 Å². The molecule has 1 aliphatic rings. The number of hydrogen-bond acceptors (Lipinski definition) is 3. The summed E-state index contributed by atoms with van der Waals surface area (Å²) in [5, 5.41) is 8.48. The maximum Gasteiger partial charge on any atom is 0.303 e. The summed E-state index contributed by atoms with van der Waals surface area (Å²) in [6.07, 6.45) is 7.64. The molecule has 1 fully saturated rings. The largest absolute Gasteiger partial charge is 0.481 e. The summed E-state index contributed by atoms with van der Waals surface area (Å²) in [6.45, 7) is 0. The van der Waals surface area contributed by atoms with E-state index in [-0.39, 0.29) is 24.6 Å². The van der Waals surface area contributed by atoms with Crippen LogP contribution in [-0.2, 0) is 14.8 Å². The van der Waals surface area contributed by atoms with E-state index in [9.17, 15) is 13.2 Å². The van der Waals surface area contributed by atoms with Crippen LogP contribution in [0, 0.1) is 0 Å². The average molecular weight is 277 g/mol. The fourth-order valence-corrected chi connectivity index (χ4v) is 3.69. The highest BCUT2D eigenvalue weighted by Crippen LogP contribution is 2.17. The lowest BCUT2D eigenvalue weighted by Gasteiger charge is -2.20. The Bertz CT molecular complexity index is 345. The van der Waals surface area contributed by atoms with E-state index >= 15 is 0 Å². The molecule has 6 heteroatoms. The van der Waals surface area contributed by atoms with Gasteiger partial charge in [0.1, 0.15) is 0 Å². The van der Waals surface area contributed by atoms with Gasteiger partial charge < -0.3 is 5.11 Å². The molecule has 0 aliphatic heterocycles. The second-order valence-electron chi connectivity index (χ2n) is 4.98. The molecule has 18 heavy (non-hydrogen) atoms. The lowest BCUT2D eigenvalue weighted by atomic mass is 9.97. The van der Waals surface area contributed by atoms with Crippen LogP contribution in [0.4, 0.5) is 0 Å².